The lowest BCUT2D eigenvalue weighted by molar-refractivity contribution is 0.312. The van der Waals surface area contributed by atoms with Gasteiger partial charge >= 0.3 is 0 Å². The second kappa shape index (κ2) is 7.94. The van der Waals surface area contributed by atoms with Gasteiger partial charge in [0.05, 0.1) is 22.3 Å². The Hall–Kier alpha value is -2.55. The predicted octanol–water partition coefficient (Wildman–Crippen LogP) is 4.21. The number of anilines is 2. The van der Waals surface area contributed by atoms with E-state index in [1.807, 2.05) is 12.1 Å². The van der Waals surface area contributed by atoms with Crippen LogP contribution in [0.15, 0.2) is 36.1 Å². The fraction of sp³-hybridized carbons (Fsp3) is 0.333. The number of aromatic nitrogens is 4. The van der Waals surface area contributed by atoms with Crippen LogP contribution in [0.3, 0.4) is 0 Å². The summed E-state index contributed by atoms with van der Waals surface area (Å²) in [5.74, 6) is 1.68. The van der Waals surface area contributed by atoms with Gasteiger partial charge in [0.25, 0.3) is 0 Å². The van der Waals surface area contributed by atoms with Gasteiger partial charge in [-0.1, -0.05) is 23.7 Å². The summed E-state index contributed by atoms with van der Waals surface area (Å²) in [5, 5.41) is 6.32. The first-order valence-corrected chi connectivity index (χ1v) is 11.2. The van der Waals surface area contributed by atoms with Crippen molar-refractivity contribution in [3.8, 4) is 0 Å². The number of hydrogen-bond donors (Lipinski definition) is 1. The number of benzene rings is 1. The lowest BCUT2D eigenvalue weighted by atomic mass is 10.1. The maximum atomic E-state index is 6.61. The Kier molecular flexibility index (Phi) is 5.14. The molecule has 1 aromatic carbocycles. The van der Waals surface area contributed by atoms with Crippen LogP contribution in [0, 0.1) is 0 Å². The summed E-state index contributed by atoms with van der Waals surface area (Å²) in [6.45, 7) is 5.97. The largest absolute Gasteiger partial charge is 0.360 e. The molecule has 1 aliphatic heterocycles. The predicted molar refractivity (Wildman–Crippen MR) is 124 cm³/mol. The number of fused-ring (bicyclic) bond motifs is 2. The minimum absolute atomic E-state index is 0.0561. The summed E-state index contributed by atoms with van der Waals surface area (Å²) in [6, 6.07) is 8.08. The third-order valence-corrected chi connectivity index (χ3v) is 6.59. The summed E-state index contributed by atoms with van der Waals surface area (Å²) in [6.07, 6.45) is 1.57. The van der Waals surface area contributed by atoms with E-state index in [4.69, 9.17) is 16.6 Å². The molecule has 1 N–H and O–H groups in total. The minimum atomic E-state index is -0.0561. The minimum Gasteiger partial charge on any atom is -0.360 e. The molecule has 30 heavy (non-hydrogen) atoms. The second-order valence-corrected chi connectivity index (χ2v) is 8.83. The monoisotopic (exact) mass is 439 g/mol. The first-order valence-electron chi connectivity index (χ1n) is 9.93. The molecule has 4 heterocycles. The van der Waals surface area contributed by atoms with E-state index < -0.39 is 0 Å². The molecule has 1 saturated heterocycles. The van der Waals surface area contributed by atoms with E-state index in [1.165, 1.54) is 11.3 Å². The highest BCUT2D eigenvalue weighted by molar-refractivity contribution is 7.16. The number of hydrogen-bond acceptors (Lipinski definition) is 8. The van der Waals surface area contributed by atoms with Crippen molar-refractivity contribution in [3.63, 3.8) is 0 Å². The van der Waals surface area contributed by atoms with E-state index in [0.717, 1.165) is 69.7 Å². The Morgan fingerprint density at radius 3 is 2.80 bits per heavy atom. The lowest BCUT2D eigenvalue weighted by Crippen LogP contribution is -2.45. The Labute approximate surface area is 183 Å². The van der Waals surface area contributed by atoms with Crippen molar-refractivity contribution in [2.45, 2.75) is 13.0 Å². The SMILES string of the molecule is C[C@H](Nc1ncnc2scnc12)c1cc2cccc(Cl)c2c(N2CCN(C)CC2)n1. The Morgan fingerprint density at radius 2 is 1.97 bits per heavy atom. The normalized spacial score (nSPS) is 16.3. The summed E-state index contributed by atoms with van der Waals surface area (Å²) >= 11 is 8.11. The number of thiazole rings is 1. The molecule has 0 amide bonds. The molecule has 4 aromatic rings. The molecule has 154 valence electrons. The van der Waals surface area contributed by atoms with E-state index in [-0.39, 0.29) is 6.04 Å². The van der Waals surface area contributed by atoms with Crippen LogP contribution in [-0.4, -0.2) is 58.1 Å². The molecular weight excluding hydrogens is 418 g/mol. The second-order valence-electron chi connectivity index (χ2n) is 7.59. The molecule has 1 fully saturated rings. The molecule has 9 heteroatoms. The van der Waals surface area contributed by atoms with Crippen LogP contribution in [0.1, 0.15) is 18.7 Å². The number of piperazine rings is 1. The highest BCUT2D eigenvalue weighted by Crippen LogP contribution is 2.34. The summed E-state index contributed by atoms with van der Waals surface area (Å²) < 4.78 is 0. The summed E-state index contributed by atoms with van der Waals surface area (Å²) in [4.78, 5) is 23.7. The third kappa shape index (κ3) is 3.55. The van der Waals surface area contributed by atoms with E-state index in [0.29, 0.717) is 0 Å². The Bertz CT molecular complexity index is 1200. The van der Waals surface area contributed by atoms with E-state index in [9.17, 15) is 0 Å². The van der Waals surface area contributed by atoms with Crippen molar-refractivity contribution < 1.29 is 0 Å². The van der Waals surface area contributed by atoms with Crippen molar-refractivity contribution in [2.24, 2.45) is 0 Å². The maximum Gasteiger partial charge on any atom is 0.157 e. The summed E-state index contributed by atoms with van der Waals surface area (Å²) in [5.41, 5.74) is 3.52. The topological polar surface area (TPSA) is 70.1 Å². The number of likely N-dealkylation sites (N-methyl/N-ethyl adjacent to an activating group) is 1. The quantitative estimate of drug-likeness (QED) is 0.510. The smallest absolute Gasteiger partial charge is 0.157 e. The zero-order chi connectivity index (χ0) is 20.7. The Balaban J connectivity index is 1.55. The number of pyridine rings is 1. The molecule has 1 atom stereocenters. The van der Waals surface area contributed by atoms with Crippen molar-refractivity contribution in [1.82, 2.24) is 24.8 Å². The Morgan fingerprint density at radius 1 is 1.13 bits per heavy atom. The zero-order valence-corrected chi connectivity index (χ0v) is 18.4. The number of nitrogens with zero attached hydrogens (tertiary/aromatic N) is 6. The van der Waals surface area contributed by atoms with Crippen molar-refractivity contribution >= 4 is 55.7 Å². The molecule has 0 radical (unpaired) electrons. The molecule has 0 spiro atoms. The van der Waals surface area contributed by atoms with Crippen molar-refractivity contribution in [1.29, 1.82) is 0 Å². The molecule has 0 aliphatic carbocycles. The van der Waals surface area contributed by atoms with E-state index in [2.05, 4.69) is 56.2 Å². The van der Waals surface area contributed by atoms with Crippen LogP contribution in [0.25, 0.3) is 21.1 Å². The van der Waals surface area contributed by atoms with Gasteiger partial charge in [0.2, 0.25) is 0 Å². The molecule has 5 rings (SSSR count). The van der Waals surface area contributed by atoms with E-state index >= 15 is 0 Å². The molecular formula is C21H22ClN7S. The maximum absolute atomic E-state index is 6.61. The average Bonchev–Trinajstić information content (AvgIpc) is 3.24. The van der Waals surface area contributed by atoms with Crippen molar-refractivity contribution in [2.75, 3.05) is 43.4 Å². The third-order valence-electron chi connectivity index (χ3n) is 5.54. The first-order chi connectivity index (χ1) is 14.6. The highest BCUT2D eigenvalue weighted by Gasteiger charge is 2.21. The fourth-order valence-corrected chi connectivity index (χ4v) is 4.71. The highest BCUT2D eigenvalue weighted by atomic mass is 35.5. The van der Waals surface area contributed by atoms with Crippen molar-refractivity contribution in [3.05, 3.63) is 46.8 Å². The molecule has 0 saturated carbocycles. The van der Waals surface area contributed by atoms with Gasteiger partial charge in [-0.3, -0.25) is 0 Å². The molecule has 1 aliphatic rings. The number of rotatable bonds is 4. The van der Waals surface area contributed by atoms with Gasteiger partial charge in [0.1, 0.15) is 22.5 Å². The van der Waals surface area contributed by atoms with Gasteiger partial charge in [-0.2, -0.15) is 0 Å². The number of nitrogens with one attached hydrogen (secondary N) is 1. The van der Waals surface area contributed by atoms with E-state index in [1.54, 1.807) is 11.8 Å². The average molecular weight is 440 g/mol. The lowest BCUT2D eigenvalue weighted by Gasteiger charge is -2.34. The van der Waals surface area contributed by atoms with Gasteiger partial charge in [-0.15, -0.1) is 11.3 Å². The van der Waals surface area contributed by atoms with Gasteiger partial charge < -0.3 is 15.1 Å². The van der Waals surface area contributed by atoms with Crippen LogP contribution in [0.2, 0.25) is 5.02 Å². The van der Waals surface area contributed by atoms with Crippen LogP contribution in [0.4, 0.5) is 11.6 Å². The first kappa shape index (κ1) is 19.4. The molecule has 0 unspecified atom stereocenters. The van der Waals surface area contributed by atoms with Gasteiger partial charge in [-0.25, -0.2) is 19.9 Å². The van der Waals surface area contributed by atoms with Crippen LogP contribution < -0.4 is 10.2 Å². The van der Waals surface area contributed by atoms with Crippen LogP contribution in [-0.2, 0) is 0 Å². The number of halogens is 1. The van der Waals surface area contributed by atoms with Gasteiger partial charge in [0, 0.05) is 31.6 Å². The molecule has 0 bridgehead atoms. The summed E-state index contributed by atoms with van der Waals surface area (Å²) in [7, 11) is 2.15. The standard InChI is InChI=1S/C21H22ClN7S/c1-13(26-19-18-21(24-11-23-19)30-12-25-18)16-10-14-4-3-5-15(22)17(14)20(27-16)29-8-6-28(2)7-9-29/h3-5,10-13H,6-9H2,1-2H3,(H,23,24,26)/t13-/m0/s1. The van der Waals surface area contributed by atoms with Gasteiger partial charge in [0.15, 0.2) is 5.82 Å². The van der Waals surface area contributed by atoms with Gasteiger partial charge in [-0.05, 0) is 31.5 Å². The van der Waals surface area contributed by atoms with Crippen LogP contribution >= 0.6 is 22.9 Å². The zero-order valence-electron chi connectivity index (χ0n) is 16.8. The van der Waals surface area contributed by atoms with Crippen LogP contribution in [0.5, 0.6) is 0 Å². The fourth-order valence-electron chi connectivity index (χ4n) is 3.81. The molecule has 7 nitrogen and oxygen atoms in total. The molecule has 3 aromatic heterocycles.